The molecule has 1 fully saturated rings. The van der Waals surface area contributed by atoms with Crippen LogP contribution in [0.5, 0.6) is 0 Å². The molecule has 8 nitrogen and oxygen atoms in total. The minimum absolute atomic E-state index is 0.0443. The molecule has 22 heavy (non-hydrogen) atoms. The Morgan fingerprint density at radius 1 is 1.14 bits per heavy atom. The van der Waals surface area contributed by atoms with Gasteiger partial charge in [0.1, 0.15) is 0 Å². The molecule has 4 amide bonds. The molecule has 0 saturated carbocycles. The summed E-state index contributed by atoms with van der Waals surface area (Å²) in [7, 11) is 0. The Kier molecular flexibility index (Phi) is 4.51. The van der Waals surface area contributed by atoms with Crippen molar-refractivity contribution < 1.29 is 29.1 Å². The normalized spacial score (nSPS) is 24.3. The largest absolute Gasteiger partial charge is 0.373 e. The molecule has 0 aliphatic carbocycles. The van der Waals surface area contributed by atoms with Gasteiger partial charge in [-0.25, -0.2) is 0 Å². The van der Waals surface area contributed by atoms with Crippen LogP contribution in [-0.4, -0.2) is 51.6 Å². The van der Waals surface area contributed by atoms with Gasteiger partial charge >= 0.3 is 0 Å². The zero-order valence-electron chi connectivity index (χ0n) is 11.8. The Hall–Kier alpha value is -2.35. The van der Waals surface area contributed by atoms with Crippen molar-refractivity contribution in [2.45, 2.75) is 37.7 Å². The maximum absolute atomic E-state index is 11.9. The summed E-state index contributed by atoms with van der Waals surface area (Å²) in [4.78, 5) is 58.0. The smallest absolute Gasteiger partial charge is 0.266 e. The van der Waals surface area contributed by atoms with Crippen molar-refractivity contribution in [1.29, 1.82) is 0 Å². The second kappa shape index (κ2) is 6.18. The van der Waals surface area contributed by atoms with Crippen LogP contribution in [0.4, 0.5) is 0 Å². The first kappa shape index (κ1) is 16.0. The number of nitrogens with zero attached hydrogens (tertiary/aromatic N) is 1. The predicted octanol–water partition coefficient (Wildman–Crippen LogP) is -1.18. The lowest BCUT2D eigenvalue weighted by Crippen LogP contribution is -2.45. The summed E-state index contributed by atoms with van der Waals surface area (Å²) in [6.07, 6.45) is 3.30. The molecular formula is C14H16N2O6. The van der Waals surface area contributed by atoms with E-state index in [9.17, 15) is 29.1 Å². The summed E-state index contributed by atoms with van der Waals surface area (Å²) >= 11 is 0. The molecule has 118 valence electrons. The van der Waals surface area contributed by atoms with Gasteiger partial charge in [-0.1, -0.05) is 6.42 Å². The van der Waals surface area contributed by atoms with Crippen molar-refractivity contribution in [2.75, 3.05) is 6.54 Å². The average molecular weight is 308 g/mol. The zero-order chi connectivity index (χ0) is 16.3. The molecule has 1 unspecified atom stereocenters. The standard InChI is InChI=1S/C14H16N2O6/c17-9(14(22)8-10(18)15-13(14)21)4-2-1-3-7-16-11(19)5-6-12(16)20/h5-6,22H,1-4,7-8H2,(H,15,18,21). The van der Waals surface area contributed by atoms with Crippen molar-refractivity contribution in [3.8, 4) is 0 Å². The molecule has 2 N–H and O–H groups in total. The van der Waals surface area contributed by atoms with E-state index in [-0.39, 0.29) is 24.8 Å². The number of carbonyl (C=O) groups is 5. The first-order valence-corrected chi connectivity index (χ1v) is 6.98. The Bertz CT molecular complexity index is 564. The highest BCUT2D eigenvalue weighted by atomic mass is 16.3. The number of unbranched alkanes of at least 4 members (excludes halogenated alkanes) is 2. The van der Waals surface area contributed by atoms with Gasteiger partial charge in [0.05, 0.1) is 6.42 Å². The highest BCUT2D eigenvalue weighted by Gasteiger charge is 2.50. The summed E-state index contributed by atoms with van der Waals surface area (Å²) < 4.78 is 0. The van der Waals surface area contributed by atoms with Crippen LogP contribution in [0.15, 0.2) is 12.2 Å². The molecule has 2 aliphatic heterocycles. The number of rotatable bonds is 7. The van der Waals surface area contributed by atoms with Gasteiger partial charge < -0.3 is 5.11 Å². The second-order valence-corrected chi connectivity index (χ2v) is 5.31. The number of aliphatic hydroxyl groups is 1. The lowest BCUT2D eigenvalue weighted by Gasteiger charge is -2.16. The van der Waals surface area contributed by atoms with Gasteiger partial charge in [0, 0.05) is 25.1 Å². The van der Waals surface area contributed by atoms with E-state index in [0.717, 1.165) is 4.90 Å². The third-order valence-electron chi connectivity index (χ3n) is 3.69. The third-order valence-corrected chi connectivity index (χ3v) is 3.69. The highest BCUT2D eigenvalue weighted by molar-refractivity contribution is 6.20. The van der Waals surface area contributed by atoms with Crippen LogP contribution >= 0.6 is 0 Å². The first-order chi connectivity index (χ1) is 10.3. The van der Waals surface area contributed by atoms with Crippen LogP contribution in [0.25, 0.3) is 0 Å². The number of hydrogen-bond donors (Lipinski definition) is 2. The molecule has 0 bridgehead atoms. The van der Waals surface area contributed by atoms with Gasteiger partial charge in [0.2, 0.25) is 11.5 Å². The van der Waals surface area contributed by atoms with E-state index in [2.05, 4.69) is 0 Å². The monoisotopic (exact) mass is 308 g/mol. The average Bonchev–Trinajstić information content (AvgIpc) is 2.91. The summed E-state index contributed by atoms with van der Waals surface area (Å²) in [6.45, 7) is 0.266. The zero-order valence-corrected chi connectivity index (χ0v) is 11.8. The van der Waals surface area contributed by atoms with Gasteiger partial charge in [0.15, 0.2) is 5.78 Å². The van der Waals surface area contributed by atoms with E-state index < -0.39 is 29.6 Å². The van der Waals surface area contributed by atoms with E-state index in [0.29, 0.717) is 19.3 Å². The molecule has 2 rings (SSSR count). The minimum Gasteiger partial charge on any atom is -0.373 e. The van der Waals surface area contributed by atoms with E-state index >= 15 is 0 Å². The lowest BCUT2D eigenvalue weighted by molar-refractivity contribution is -0.149. The van der Waals surface area contributed by atoms with Crippen LogP contribution in [0.3, 0.4) is 0 Å². The van der Waals surface area contributed by atoms with Gasteiger partial charge in [-0.2, -0.15) is 0 Å². The maximum atomic E-state index is 11.9. The van der Waals surface area contributed by atoms with Gasteiger partial charge in [-0.3, -0.25) is 34.2 Å². The Labute approximate surface area is 126 Å². The van der Waals surface area contributed by atoms with E-state index in [1.54, 1.807) is 0 Å². The lowest BCUT2D eigenvalue weighted by atomic mass is 9.92. The number of nitrogens with one attached hydrogen (secondary N) is 1. The van der Waals surface area contributed by atoms with E-state index in [4.69, 9.17) is 0 Å². The molecule has 2 aliphatic rings. The van der Waals surface area contributed by atoms with E-state index in [1.165, 1.54) is 12.2 Å². The van der Waals surface area contributed by atoms with Crippen molar-refractivity contribution >= 4 is 29.4 Å². The Balaban J connectivity index is 1.70. The molecule has 2 heterocycles. The Morgan fingerprint density at radius 3 is 2.32 bits per heavy atom. The van der Waals surface area contributed by atoms with Crippen molar-refractivity contribution in [2.24, 2.45) is 0 Å². The Morgan fingerprint density at radius 2 is 1.77 bits per heavy atom. The maximum Gasteiger partial charge on any atom is 0.266 e. The molecule has 0 aromatic carbocycles. The fourth-order valence-corrected chi connectivity index (χ4v) is 2.40. The molecule has 1 atom stereocenters. The summed E-state index contributed by atoms with van der Waals surface area (Å²) in [5, 5.41) is 11.8. The van der Waals surface area contributed by atoms with Gasteiger partial charge in [-0.15, -0.1) is 0 Å². The molecule has 8 heteroatoms. The number of carbonyl (C=O) groups excluding carboxylic acids is 5. The van der Waals surface area contributed by atoms with Crippen LogP contribution in [0.1, 0.15) is 32.1 Å². The number of hydrogen-bond acceptors (Lipinski definition) is 6. The van der Waals surface area contributed by atoms with Crippen LogP contribution < -0.4 is 5.32 Å². The van der Waals surface area contributed by atoms with Crippen molar-refractivity contribution in [3.63, 3.8) is 0 Å². The van der Waals surface area contributed by atoms with Crippen LogP contribution in [0, 0.1) is 0 Å². The molecule has 0 spiro atoms. The van der Waals surface area contributed by atoms with Crippen molar-refractivity contribution in [1.82, 2.24) is 10.2 Å². The highest BCUT2D eigenvalue weighted by Crippen LogP contribution is 2.21. The molecule has 0 aromatic heterocycles. The van der Waals surface area contributed by atoms with Crippen molar-refractivity contribution in [3.05, 3.63) is 12.2 Å². The first-order valence-electron chi connectivity index (χ1n) is 6.98. The summed E-state index contributed by atoms with van der Waals surface area (Å²) in [5.41, 5.74) is -2.25. The number of Topliss-reactive ketones (excluding diaryl/α,β-unsaturated/α-hetero) is 1. The topological polar surface area (TPSA) is 121 Å². The molecule has 0 radical (unpaired) electrons. The van der Waals surface area contributed by atoms with Gasteiger partial charge in [0.25, 0.3) is 17.7 Å². The van der Waals surface area contributed by atoms with E-state index in [1.807, 2.05) is 5.32 Å². The fourth-order valence-electron chi connectivity index (χ4n) is 2.40. The molecule has 0 aromatic rings. The van der Waals surface area contributed by atoms with Crippen LogP contribution in [-0.2, 0) is 24.0 Å². The predicted molar refractivity (Wildman–Crippen MR) is 72.1 cm³/mol. The number of imide groups is 2. The fraction of sp³-hybridized carbons (Fsp3) is 0.500. The number of ketones is 1. The molecule has 1 saturated heterocycles. The molecular weight excluding hydrogens is 292 g/mol. The number of amides is 4. The SMILES string of the molecule is O=C1CC(O)(C(=O)CCCCCN2C(=O)C=CC2=O)C(=O)N1. The minimum atomic E-state index is -2.25. The summed E-state index contributed by atoms with van der Waals surface area (Å²) in [6, 6.07) is 0. The summed E-state index contributed by atoms with van der Waals surface area (Å²) in [5.74, 6) is -3.03. The quantitative estimate of drug-likeness (QED) is 0.347. The van der Waals surface area contributed by atoms with Crippen LogP contribution in [0.2, 0.25) is 0 Å². The van der Waals surface area contributed by atoms with Gasteiger partial charge in [-0.05, 0) is 12.8 Å². The second-order valence-electron chi connectivity index (χ2n) is 5.31. The third kappa shape index (κ3) is 3.11.